The molecule has 1 aromatic heterocycles. The lowest BCUT2D eigenvalue weighted by Gasteiger charge is -2.08. The molecule has 0 aromatic carbocycles. The number of halogens is 2. The minimum Gasteiger partial charge on any atom is -0.495 e. The Labute approximate surface area is 69.2 Å². The first-order valence-corrected chi connectivity index (χ1v) is 3.28. The molecule has 1 rings (SSSR count). The third-order valence-corrected chi connectivity index (χ3v) is 1.35. The summed E-state index contributed by atoms with van der Waals surface area (Å²) < 4.78 is 29.7. The van der Waals surface area contributed by atoms with Crippen molar-refractivity contribution in [1.29, 1.82) is 0 Å². The molecule has 1 aromatic rings. The summed E-state index contributed by atoms with van der Waals surface area (Å²) >= 11 is 0. The molecule has 0 aliphatic carbocycles. The smallest absolute Gasteiger partial charge is 0.289 e. The molecule has 65 valence electrons. The van der Waals surface area contributed by atoms with Crippen LogP contribution >= 0.6 is 0 Å². The topological polar surface area (TPSA) is 22.1 Å². The summed E-state index contributed by atoms with van der Waals surface area (Å²) in [6, 6.07) is 2.60. The Hall–Kier alpha value is -1.19. The molecule has 0 atom stereocenters. The number of aromatic nitrogens is 1. The number of ether oxygens (including phenoxy) is 1. The van der Waals surface area contributed by atoms with Crippen molar-refractivity contribution in [2.24, 2.45) is 0 Å². The summed E-state index contributed by atoms with van der Waals surface area (Å²) in [5, 5.41) is 0. The van der Waals surface area contributed by atoms with Crippen molar-refractivity contribution in [3.8, 4) is 5.75 Å². The standard InChI is InChI=1S/C8H8F2NO/c1-8(9,10)7-4-3-6(12-2)5-11-7/h3-5H,1H2,2H3. The first kappa shape index (κ1) is 8.90. The zero-order valence-corrected chi connectivity index (χ0v) is 6.55. The molecule has 1 heterocycles. The third-order valence-electron chi connectivity index (χ3n) is 1.35. The van der Waals surface area contributed by atoms with Crippen molar-refractivity contribution in [3.63, 3.8) is 0 Å². The van der Waals surface area contributed by atoms with E-state index in [9.17, 15) is 8.78 Å². The maximum absolute atomic E-state index is 12.5. The molecule has 0 aliphatic heterocycles. The highest BCUT2D eigenvalue weighted by atomic mass is 19.3. The van der Waals surface area contributed by atoms with Gasteiger partial charge in [-0.15, -0.1) is 0 Å². The van der Waals surface area contributed by atoms with Crippen LogP contribution in [0, 0.1) is 6.92 Å². The van der Waals surface area contributed by atoms with Crippen LogP contribution in [0.15, 0.2) is 18.3 Å². The van der Waals surface area contributed by atoms with Gasteiger partial charge in [0.1, 0.15) is 11.4 Å². The van der Waals surface area contributed by atoms with Crippen LogP contribution in [0.1, 0.15) is 5.69 Å². The summed E-state index contributed by atoms with van der Waals surface area (Å²) in [6.07, 6.45) is 1.23. The number of hydrogen-bond acceptors (Lipinski definition) is 2. The highest BCUT2D eigenvalue weighted by Gasteiger charge is 2.25. The second-order valence-corrected chi connectivity index (χ2v) is 2.29. The summed E-state index contributed by atoms with van der Waals surface area (Å²) in [5.74, 6) is -2.69. The van der Waals surface area contributed by atoms with E-state index in [0.29, 0.717) is 5.75 Å². The van der Waals surface area contributed by atoms with E-state index in [1.54, 1.807) is 0 Å². The molecule has 0 N–H and O–H groups in total. The number of rotatable bonds is 2. The minimum absolute atomic E-state index is 0.358. The SMILES string of the molecule is [CH2]C(F)(F)c1ccc(OC)cn1. The Kier molecular flexibility index (Phi) is 2.26. The van der Waals surface area contributed by atoms with Crippen molar-refractivity contribution in [2.75, 3.05) is 7.11 Å². The van der Waals surface area contributed by atoms with Gasteiger partial charge in [-0.3, -0.25) is 4.98 Å². The van der Waals surface area contributed by atoms with E-state index in [1.165, 1.54) is 25.4 Å². The van der Waals surface area contributed by atoms with Crippen LogP contribution < -0.4 is 4.74 Å². The fourth-order valence-electron chi connectivity index (χ4n) is 0.717. The van der Waals surface area contributed by atoms with E-state index in [4.69, 9.17) is 4.74 Å². The van der Waals surface area contributed by atoms with Crippen molar-refractivity contribution >= 4 is 0 Å². The number of methoxy groups -OCH3 is 1. The second-order valence-electron chi connectivity index (χ2n) is 2.29. The molecule has 0 saturated heterocycles. The fourth-order valence-corrected chi connectivity index (χ4v) is 0.717. The Morgan fingerprint density at radius 2 is 2.17 bits per heavy atom. The third kappa shape index (κ3) is 1.90. The highest BCUT2D eigenvalue weighted by molar-refractivity contribution is 5.22. The molecular formula is C8H8F2NO. The van der Waals surface area contributed by atoms with Crippen LogP contribution in [0.25, 0.3) is 0 Å². The van der Waals surface area contributed by atoms with Crippen LogP contribution in [0.2, 0.25) is 0 Å². The largest absolute Gasteiger partial charge is 0.495 e. The van der Waals surface area contributed by atoms with Gasteiger partial charge in [-0.1, -0.05) is 0 Å². The molecular weight excluding hydrogens is 164 g/mol. The normalized spacial score (nSPS) is 11.3. The first-order chi connectivity index (χ1) is 5.54. The maximum Gasteiger partial charge on any atom is 0.289 e. The molecule has 4 heteroatoms. The molecule has 0 spiro atoms. The Balaban J connectivity index is 2.93. The molecule has 12 heavy (non-hydrogen) atoms. The Morgan fingerprint density at radius 3 is 2.50 bits per heavy atom. The molecule has 2 nitrogen and oxygen atoms in total. The summed E-state index contributed by atoms with van der Waals surface area (Å²) in [6.45, 7) is 2.66. The number of hydrogen-bond donors (Lipinski definition) is 0. The van der Waals surface area contributed by atoms with Crippen molar-refractivity contribution in [1.82, 2.24) is 4.98 Å². The van der Waals surface area contributed by atoms with E-state index in [-0.39, 0.29) is 5.69 Å². The van der Waals surface area contributed by atoms with E-state index in [2.05, 4.69) is 11.9 Å². The summed E-state index contributed by atoms with van der Waals surface area (Å²) in [5.41, 5.74) is -0.358. The molecule has 1 radical (unpaired) electrons. The van der Waals surface area contributed by atoms with Gasteiger partial charge in [0.2, 0.25) is 0 Å². The minimum atomic E-state index is -3.13. The first-order valence-electron chi connectivity index (χ1n) is 3.28. The van der Waals surface area contributed by atoms with Gasteiger partial charge in [0.15, 0.2) is 0 Å². The zero-order valence-electron chi connectivity index (χ0n) is 6.55. The monoisotopic (exact) mass is 172 g/mol. The predicted molar refractivity (Wildman–Crippen MR) is 40.0 cm³/mol. The van der Waals surface area contributed by atoms with Gasteiger partial charge in [0.25, 0.3) is 5.92 Å². The summed E-state index contributed by atoms with van der Waals surface area (Å²) in [4.78, 5) is 3.48. The van der Waals surface area contributed by atoms with Gasteiger partial charge < -0.3 is 4.74 Å². The quantitative estimate of drug-likeness (QED) is 0.680. The number of alkyl halides is 2. The van der Waals surface area contributed by atoms with E-state index < -0.39 is 5.92 Å². The lowest BCUT2D eigenvalue weighted by Crippen LogP contribution is -2.09. The molecule has 0 fully saturated rings. The molecule has 0 unspecified atom stereocenters. The van der Waals surface area contributed by atoms with Crippen molar-refractivity contribution in [2.45, 2.75) is 5.92 Å². The van der Waals surface area contributed by atoms with Crippen molar-refractivity contribution in [3.05, 3.63) is 30.9 Å². The van der Waals surface area contributed by atoms with Gasteiger partial charge in [-0.05, 0) is 12.1 Å². The predicted octanol–water partition coefficient (Wildman–Crippen LogP) is 2.02. The lowest BCUT2D eigenvalue weighted by atomic mass is 10.2. The molecule has 0 saturated carbocycles. The van der Waals surface area contributed by atoms with Crippen molar-refractivity contribution < 1.29 is 13.5 Å². The number of pyridine rings is 1. The van der Waals surface area contributed by atoms with E-state index in [1.807, 2.05) is 0 Å². The Bertz CT molecular complexity index is 253. The van der Waals surface area contributed by atoms with Crippen LogP contribution in [0.5, 0.6) is 5.75 Å². The fraction of sp³-hybridized carbons (Fsp3) is 0.250. The maximum atomic E-state index is 12.5. The van der Waals surface area contributed by atoms with E-state index in [0.717, 1.165) is 0 Å². The highest BCUT2D eigenvalue weighted by Crippen LogP contribution is 2.25. The average Bonchev–Trinajstić information content (AvgIpc) is 2.03. The van der Waals surface area contributed by atoms with Gasteiger partial charge in [0, 0.05) is 6.92 Å². The molecule has 0 bridgehead atoms. The van der Waals surface area contributed by atoms with E-state index >= 15 is 0 Å². The summed E-state index contributed by atoms with van der Waals surface area (Å²) in [7, 11) is 1.44. The van der Waals surface area contributed by atoms with Crippen LogP contribution in [-0.2, 0) is 5.92 Å². The Morgan fingerprint density at radius 1 is 1.50 bits per heavy atom. The second kappa shape index (κ2) is 3.05. The molecule has 0 aliphatic rings. The van der Waals surface area contributed by atoms with Gasteiger partial charge in [-0.25, -0.2) is 0 Å². The van der Waals surface area contributed by atoms with Gasteiger partial charge >= 0.3 is 0 Å². The van der Waals surface area contributed by atoms with Gasteiger partial charge in [0.05, 0.1) is 13.3 Å². The lowest BCUT2D eigenvalue weighted by molar-refractivity contribution is 0.0437. The van der Waals surface area contributed by atoms with Crippen LogP contribution in [0.3, 0.4) is 0 Å². The zero-order chi connectivity index (χ0) is 9.19. The van der Waals surface area contributed by atoms with Crippen LogP contribution in [0.4, 0.5) is 8.78 Å². The average molecular weight is 172 g/mol. The molecule has 0 amide bonds. The van der Waals surface area contributed by atoms with Crippen LogP contribution in [-0.4, -0.2) is 12.1 Å². The number of nitrogens with zero attached hydrogens (tertiary/aromatic N) is 1. The van der Waals surface area contributed by atoms with Gasteiger partial charge in [-0.2, -0.15) is 8.78 Å².